The molecule has 1 rings (SSSR count). The SMILES string of the molecule is CCCCCCl.COc1ccc(C(=O)O)c(OC)c1. The number of carboxylic acids is 1. The number of hydrogen-bond acceptors (Lipinski definition) is 3. The fraction of sp³-hybridized carbons (Fsp3) is 0.500. The predicted octanol–water partition coefficient (Wildman–Crippen LogP) is 3.82. The molecule has 0 aliphatic rings. The summed E-state index contributed by atoms with van der Waals surface area (Å²) in [6.45, 7) is 2.17. The molecular weight excluding hydrogens is 268 g/mol. The quantitative estimate of drug-likeness (QED) is 0.639. The molecule has 5 heteroatoms. The molecule has 1 aromatic rings. The Morgan fingerprint density at radius 1 is 1.26 bits per heavy atom. The predicted molar refractivity (Wildman–Crippen MR) is 76.8 cm³/mol. The first kappa shape index (κ1) is 17.6. The van der Waals surface area contributed by atoms with Crippen LogP contribution in [-0.4, -0.2) is 31.2 Å². The van der Waals surface area contributed by atoms with Crippen LogP contribution in [0.1, 0.15) is 36.5 Å². The Morgan fingerprint density at radius 3 is 2.32 bits per heavy atom. The first-order valence-corrected chi connectivity index (χ1v) is 6.65. The number of ether oxygens (including phenoxy) is 2. The van der Waals surface area contributed by atoms with Crippen LogP contribution >= 0.6 is 11.6 Å². The van der Waals surface area contributed by atoms with Gasteiger partial charge < -0.3 is 14.6 Å². The lowest BCUT2D eigenvalue weighted by molar-refractivity contribution is 0.0693. The monoisotopic (exact) mass is 288 g/mol. The van der Waals surface area contributed by atoms with Crippen molar-refractivity contribution < 1.29 is 19.4 Å². The van der Waals surface area contributed by atoms with Gasteiger partial charge in [0.1, 0.15) is 17.1 Å². The third-order valence-corrected chi connectivity index (χ3v) is 2.64. The Morgan fingerprint density at radius 2 is 1.95 bits per heavy atom. The van der Waals surface area contributed by atoms with Gasteiger partial charge in [-0.25, -0.2) is 4.79 Å². The van der Waals surface area contributed by atoms with E-state index in [9.17, 15) is 4.79 Å². The molecule has 1 N–H and O–H groups in total. The average molecular weight is 289 g/mol. The van der Waals surface area contributed by atoms with Crippen molar-refractivity contribution in [2.45, 2.75) is 26.2 Å². The van der Waals surface area contributed by atoms with E-state index in [0.717, 1.165) is 5.88 Å². The topological polar surface area (TPSA) is 55.8 Å². The molecule has 0 aromatic heterocycles. The van der Waals surface area contributed by atoms with Crippen LogP contribution in [0.2, 0.25) is 0 Å². The van der Waals surface area contributed by atoms with Gasteiger partial charge in [0, 0.05) is 11.9 Å². The number of methoxy groups -OCH3 is 2. The van der Waals surface area contributed by atoms with Crippen molar-refractivity contribution >= 4 is 17.6 Å². The van der Waals surface area contributed by atoms with Crippen molar-refractivity contribution in [1.82, 2.24) is 0 Å². The number of rotatable bonds is 6. The first-order chi connectivity index (χ1) is 9.10. The van der Waals surface area contributed by atoms with Crippen LogP contribution in [0, 0.1) is 0 Å². The molecule has 0 radical (unpaired) electrons. The Labute approximate surface area is 119 Å². The second-order valence-electron chi connectivity index (χ2n) is 3.77. The van der Waals surface area contributed by atoms with Crippen molar-refractivity contribution in [2.75, 3.05) is 20.1 Å². The molecule has 108 valence electrons. The summed E-state index contributed by atoms with van der Waals surface area (Å²) < 4.78 is 9.81. The molecule has 0 amide bonds. The minimum absolute atomic E-state index is 0.128. The van der Waals surface area contributed by atoms with Gasteiger partial charge in [-0.05, 0) is 18.6 Å². The number of aromatic carboxylic acids is 1. The van der Waals surface area contributed by atoms with Crippen LogP contribution in [0.15, 0.2) is 18.2 Å². The summed E-state index contributed by atoms with van der Waals surface area (Å²) in [6, 6.07) is 4.55. The van der Waals surface area contributed by atoms with Gasteiger partial charge in [-0.2, -0.15) is 0 Å². The van der Waals surface area contributed by atoms with Crippen LogP contribution in [0.4, 0.5) is 0 Å². The lowest BCUT2D eigenvalue weighted by Crippen LogP contribution is -2.00. The van der Waals surface area contributed by atoms with Gasteiger partial charge >= 0.3 is 5.97 Å². The van der Waals surface area contributed by atoms with Gasteiger partial charge in [-0.3, -0.25) is 0 Å². The van der Waals surface area contributed by atoms with E-state index in [1.54, 1.807) is 6.07 Å². The molecule has 0 aliphatic heterocycles. The fourth-order valence-corrected chi connectivity index (χ4v) is 1.51. The Balaban J connectivity index is 0.000000459. The molecule has 0 unspecified atom stereocenters. The zero-order chi connectivity index (χ0) is 14.7. The molecule has 0 atom stereocenters. The molecule has 4 nitrogen and oxygen atoms in total. The highest BCUT2D eigenvalue weighted by atomic mass is 35.5. The third-order valence-electron chi connectivity index (χ3n) is 2.38. The minimum Gasteiger partial charge on any atom is -0.497 e. The van der Waals surface area contributed by atoms with E-state index in [4.69, 9.17) is 26.2 Å². The van der Waals surface area contributed by atoms with Gasteiger partial charge in [0.15, 0.2) is 0 Å². The maximum absolute atomic E-state index is 10.7. The summed E-state index contributed by atoms with van der Waals surface area (Å²) in [5, 5.41) is 8.74. The number of alkyl halides is 1. The maximum Gasteiger partial charge on any atom is 0.339 e. The van der Waals surface area contributed by atoms with Crippen LogP contribution in [-0.2, 0) is 0 Å². The highest BCUT2D eigenvalue weighted by Crippen LogP contribution is 2.24. The van der Waals surface area contributed by atoms with Crippen molar-refractivity contribution in [3.05, 3.63) is 23.8 Å². The second kappa shape index (κ2) is 10.5. The molecule has 1 aromatic carbocycles. The standard InChI is InChI=1S/C9H10O4.C5H11Cl/c1-12-6-3-4-7(9(10)11)8(5-6)13-2;1-2-3-4-5-6/h3-5H,1-2H3,(H,10,11);2-5H2,1H3. The number of carbonyl (C=O) groups is 1. The van der Waals surface area contributed by atoms with Crippen molar-refractivity contribution in [2.24, 2.45) is 0 Å². The van der Waals surface area contributed by atoms with Gasteiger partial charge in [-0.15, -0.1) is 11.6 Å². The Kier molecular flexibility index (Phi) is 9.71. The normalized spacial score (nSPS) is 9.26. The average Bonchev–Trinajstić information content (AvgIpc) is 2.44. The number of hydrogen-bond donors (Lipinski definition) is 1. The van der Waals surface area contributed by atoms with Gasteiger partial charge in [-0.1, -0.05) is 19.8 Å². The molecule has 19 heavy (non-hydrogen) atoms. The summed E-state index contributed by atoms with van der Waals surface area (Å²) in [5.41, 5.74) is 0.128. The van der Waals surface area contributed by atoms with Crippen molar-refractivity contribution in [3.8, 4) is 11.5 Å². The van der Waals surface area contributed by atoms with Crippen LogP contribution in [0.3, 0.4) is 0 Å². The number of carboxylic acid groups (broad SMARTS) is 1. The maximum atomic E-state index is 10.7. The van der Waals surface area contributed by atoms with Crippen LogP contribution in [0.5, 0.6) is 11.5 Å². The zero-order valence-corrected chi connectivity index (χ0v) is 12.4. The van der Waals surface area contributed by atoms with E-state index in [2.05, 4.69) is 6.92 Å². The fourth-order valence-electron chi connectivity index (χ4n) is 1.32. The summed E-state index contributed by atoms with van der Waals surface area (Å²) in [4.78, 5) is 10.7. The smallest absolute Gasteiger partial charge is 0.339 e. The summed E-state index contributed by atoms with van der Waals surface area (Å²) in [7, 11) is 2.93. The molecule has 0 spiro atoms. The van der Waals surface area contributed by atoms with E-state index < -0.39 is 5.97 Å². The molecular formula is C14H21ClO4. The Bertz CT molecular complexity index is 376. The lowest BCUT2D eigenvalue weighted by Gasteiger charge is -2.06. The highest BCUT2D eigenvalue weighted by Gasteiger charge is 2.10. The van der Waals surface area contributed by atoms with E-state index in [-0.39, 0.29) is 5.56 Å². The third kappa shape index (κ3) is 6.91. The van der Waals surface area contributed by atoms with Gasteiger partial charge in [0.05, 0.1) is 14.2 Å². The molecule has 0 bridgehead atoms. The lowest BCUT2D eigenvalue weighted by atomic mass is 10.2. The summed E-state index contributed by atoms with van der Waals surface area (Å²) in [5.74, 6) is 0.682. The van der Waals surface area contributed by atoms with Crippen LogP contribution in [0.25, 0.3) is 0 Å². The van der Waals surface area contributed by atoms with E-state index >= 15 is 0 Å². The van der Waals surface area contributed by atoms with Crippen LogP contribution < -0.4 is 9.47 Å². The number of benzene rings is 1. The minimum atomic E-state index is -1.01. The summed E-state index contributed by atoms with van der Waals surface area (Å²) in [6.07, 6.45) is 3.73. The highest BCUT2D eigenvalue weighted by molar-refractivity contribution is 6.17. The molecule has 0 aliphatic carbocycles. The molecule has 0 heterocycles. The van der Waals surface area contributed by atoms with Crippen molar-refractivity contribution in [3.63, 3.8) is 0 Å². The second-order valence-corrected chi connectivity index (χ2v) is 4.15. The summed E-state index contributed by atoms with van der Waals surface area (Å²) >= 11 is 5.38. The molecule has 0 saturated heterocycles. The molecule has 0 saturated carbocycles. The number of halogens is 1. The van der Waals surface area contributed by atoms with E-state index in [1.165, 1.54) is 45.6 Å². The number of unbranched alkanes of at least 4 members (excludes halogenated alkanes) is 2. The largest absolute Gasteiger partial charge is 0.497 e. The van der Waals surface area contributed by atoms with E-state index in [1.807, 2.05) is 0 Å². The zero-order valence-electron chi connectivity index (χ0n) is 11.6. The first-order valence-electron chi connectivity index (χ1n) is 6.11. The van der Waals surface area contributed by atoms with Gasteiger partial charge in [0.2, 0.25) is 0 Å². The Hall–Kier alpha value is -1.42. The van der Waals surface area contributed by atoms with E-state index in [0.29, 0.717) is 11.5 Å². The van der Waals surface area contributed by atoms with Crippen molar-refractivity contribution in [1.29, 1.82) is 0 Å². The molecule has 0 fully saturated rings. The van der Waals surface area contributed by atoms with Gasteiger partial charge in [0.25, 0.3) is 0 Å².